The van der Waals surface area contributed by atoms with E-state index in [0.29, 0.717) is 0 Å². The highest BCUT2D eigenvalue weighted by molar-refractivity contribution is 6.09. The number of hydrogen-bond donors (Lipinski definition) is 1. The van der Waals surface area contributed by atoms with E-state index in [9.17, 15) is 0 Å². The minimum atomic E-state index is 1.08. The first kappa shape index (κ1) is 19.4. The van der Waals surface area contributed by atoms with Crippen molar-refractivity contribution in [3.05, 3.63) is 121 Å². The van der Waals surface area contributed by atoms with Gasteiger partial charge in [-0.25, -0.2) is 0 Å². The first-order valence-corrected chi connectivity index (χ1v) is 11.3. The Bertz CT molecular complexity index is 1580. The topological polar surface area (TPSA) is 17.0 Å². The van der Waals surface area contributed by atoms with Gasteiger partial charge in [0, 0.05) is 45.8 Å². The van der Waals surface area contributed by atoms with E-state index in [1.165, 1.54) is 44.1 Å². The van der Waals surface area contributed by atoms with E-state index < -0.39 is 0 Å². The van der Waals surface area contributed by atoms with Crippen molar-refractivity contribution in [3.63, 3.8) is 0 Å². The zero-order valence-electron chi connectivity index (χ0n) is 18.5. The van der Waals surface area contributed by atoms with Gasteiger partial charge in [0.2, 0.25) is 0 Å². The zero-order chi connectivity index (χ0) is 22.2. The standard InChI is InChI=1S/C31H24N2/c1-33-30-14-8-6-12-27(30)28-21-24(17-20-31(28)33)26-11-5-7-13-29(26)32-25-18-15-23(16-19-25)22-9-3-2-4-10-22/h2-21,32H,1H3. The second-order valence-electron chi connectivity index (χ2n) is 8.42. The summed E-state index contributed by atoms with van der Waals surface area (Å²) in [6.45, 7) is 0. The third kappa shape index (κ3) is 3.46. The molecule has 0 unspecified atom stereocenters. The SMILES string of the molecule is Cn1c2ccccc2c2cc(-c3ccccc3Nc3ccc(-c4ccccc4)cc3)ccc21. The summed E-state index contributed by atoms with van der Waals surface area (Å²) in [6.07, 6.45) is 0. The summed E-state index contributed by atoms with van der Waals surface area (Å²) in [5.41, 5.74) is 9.54. The predicted octanol–water partition coefficient (Wildman–Crippen LogP) is 8.41. The Morgan fingerprint density at radius 1 is 0.515 bits per heavy atom. The summed E-state index contributed by atoms with van der Waals surface area (Å²) in [7, 11) is 2.14. The Morgan fingerprint density at radius 2 is 1.15 bits per heavy atom. The van der Waals surface area contributed by atoms with Crippen LogP contribution in [-0.2, 0) is 7.05 Å². The minimum absolute atomic E-state index is 1.08. The van der Waals surface area contributed by atoms with Crippen LogP contribution < -0.4 is 5.32 Å². The van der Waals surface area contributed by atoms with Gasteiger partial charge < -0.3 is 9.88 Å². The molecule has 2 heteroatoms. The molecule has 6 aromatic rings. The van der Waals surface area contributed by atoms with Crippen molar-refractivity contribution in [2.45, 2.75) is 0 Å². The Kier molecular flexibility index (Phi) is 4.70. The van der Waals surface area contributed by atoms with Gasteiger partial charge in [-0.3, -0.25) is 0 Å². The number of nitrogens with one attached hydrogen (secondary N) is 1. The molecule has 2 nitrogen and oxygen atoms in total. The lowest BCUT2D eigenvalue weighted by molar-refractivity contribution is 1.01. The van der Waals surface area contributed by atoms with Crippen LogP contribution in [0.2, 0.25) is 0 Å². The Hall–Kier alpha value is -4.30. The fraction of sp³-hybridized carbons (Fsp3) is 0.0323. The Balaban J connectivity index is 1.37. The van der Waals surface area contributed by atoms with Gasteiger partial charge in [-0.1, -0.05) is 84.9 Å². The van der Waals surface area contributed by atoms with Gasteiger partial charge in [0.05, 0.1) is 0 Å². The average molecular weight is 425 g/mol. The lowest BCUT2D eigenvalue weighted by atomic mass is 10.0. The highest BCUT2D eigenvalue weighted by Crippen LogP contribution is 2.35. The molecule has 158 valence electrons. The first-order valence-electron chi connectivity index (χ1n) is 11.3. The number of aryl methyl sites for hydroxylation is 1. The van der Waals surface area contributed by atoms with Gasteiger partial charge in [0.15, 0.2) is 0 Å². The van der Waals surface area contributed by atoms with Gasteiger partial charge in [0.25, 0.3) is 0 Å². The van der Waals surface area contributed by atoms with Crippen LogP contribution in [0.15, 0.2) is 121 Å². The summed E-state index contributed by atoms with van der Waals surface area (Å²) in [4.78, 5) is 0. The van der Waals surface area contributed by atoms with Crippen LogP contribution in [0.1, 0.15) is 0 Å². The molecule has 1 N–H and O–H groups in total. The van der Waals surface area contributed by atoms with Gasteiger partial charge in [0.1, 0.15) is 0 Å². The maximum Gasteiger partial charge on any atom is 0.0489 e. The van der Waals surface area contributed by atoms with Crippen LogP contribution in [-0.4, -0.2) is 4.57 Å². The summed E-state index contributed by atoms with van der Waals surface area (Å²) in [6, 6.07) is 43.0. The number of nitrogens with zero attached hydrogens (tertiary/aromatic N) is 1. The fourth-order valence-corrected chi connectivity index (χ4v) is 4.71. The van der Waals surface area contributed by atoms with Gasteiger partial charge in [-0.05, 0) is 53.1 Å². The van der Waals surface area contributed by atoms with Gasteiger partial charge >= 0.3 is 0 Å². The molecular weight excluding hydrogens is 400 g/mol. The summed E-state index contributed by atoms with van der Waals surface area (Å²) >= 11 is 0. The molecule has 6 rings (SSSR count). The van der Waals surface area contributed by atoms with E-state index in [1.807, 2.05) is 6.07 Å². The molecule has 0 bridgehead atoms. The van der Waals surface area contributed by atoms with E-state index in [2.05, 4.69) is 132 Å². The zero-order valence-corrected chi connectivity index (χ0v) is 18.5. The quantitative estimate of drug-likeness (QED) is 0.300. The van der Waals surface area contributed by atoms with Gasteiger partial charge in [-0.2, -0.15) is 0 Å². The minimum Gasteiger partial charge on any atom is -0.355 e. The molecule has 0 amide bonds. The van der Waals surface area contributed by atoms with Crippen LogP contribution in [0, 0.1) is 0 Å². The molecule has 0 radical (unpaired) electrons. The Labute approximate surface area is 193 Å². The predicted molar refractivity (Wildman–Crippen MR) is 141 cm³/mol. The summed E-state index contributed by atoms with van der Waals surface area (Å²) < 4.78 is 2.27. The number of aromatic nitrogens is 1. The number of rotatable bonds is 4. The first-order chi connectivity index (χ1) is 16.3. The second-order valence-corrected chi connectivity index (χ2v) is 8.42. The smallest absolute Gasteiger partial charge is 0.0489 e. The van der Waals surface area contributed by atoms with Crippen molar-refractivity contribution >= 4 is 33.2 Å². The van der Waals surface area contributed by atoms with Crippen LogP contribution in [0.4, 0.5) is 11.4 Å². The van der Waals surface area contributed by atoms with E-state index in [1.54, 1.807) is 0 Å². The second kappa shape index (κ2) is 7.99. The van der Waals surface area contributed by atoms with E-state index in [0.717, 1.165) is 11.4 Å². The third-order valence-electron chi connectivity index (χ3n) is 6.42. The molecule has 0 spiro atoms. The largest absolute Gasteiger partial charge is 0.355 e. The molecule has 1 heterocycles. The van der Waals surface area contributed by atoms with E-state index >= 15 is 0 Å². The number of benzene rings is 5. The van der Waals surface area contributed by atoms with Crippen molar-refractivity contribution in [1.29, 1.82) is 0 Å². The summed E-state index contributed by atoms with van der Waals surface area (Å²) in [5, 5.41) is 6.21. The molecular formula is C31H24N2. The van der Waals surface area contributed by atoms with Crippen LogP contribution in [0.25, 0.3) is 44.1 Å². The number of para-hydroxylation sites is 2. The lowest BCUT2D eigenvalue weighted by Crippen LogP contribution is -1.93. The molecule has 0 saturated carbocycles. The third-order valence-corrected chi connectivity index (χ3v) is 6.42. The van der Waals surface area contributed by atoms with Gasteiger partial charge in [-0.15, -0.1) is 0 Å². The van der Waals surface area contributed by atoms with Crippen molar-refractivity contribution in [2.24, 2.45) is 7.05 Å². The van der Waals surface area contributed by atoms with E-state index in [4.69, 9.17) is 0 Å². The molecule has 0 aliphatic rings. The number of anilines is 2. The number of fused-ring (bicyclic) bond motifs is 3. The molecule has 0 atom stereocenters. The van der Waals surface area contributed by atoms with Crippen molar-refractivity contribution in [2.75, 3.05) is 5.32 Å². The number of hydrogen-bond acceptors (Lipinski definition) is 1. The molecule has 33 heavy (non-hydrogen) atoms. The Morgan fingerprint density at radius 3 is 2.00 bits per heavy atom. The monoisotopic (exact) mass is 424 g/mol. The van der Waals surface area contributed by atoms with Crippen molar-refractivity contribution < 1.29 is 0 Å². The van der Waals surface area contributed by atoms with Crippen LogP contribution in [0.5, 0.6) is 0 Å². The highest BCUT2D eigenvalue weighted by atomic mass is 14.9. The maximum absolute atomic E-state index is 3.63. The normalized spacial score (nSPS) is 11.2. The van der Waals surface area contributed by atoms with E-state index in [-0.39, 0.29) is 0 Å². The molecule has 5 aromatic carbocycles. The molecule has 0 aliphatic carbocycles. The molecule has 0 fully saturated rings. The average Bonchev–Trinajstić information content (AvgIpc) is 3.17. The summed E-state index contributed by atoms with van der Waals surface area (Å²) in [5.74, 6) is 0. The molecule has 0 saturated heterocycles. The van der Waals surface area contributed by atoms with Crippen LogP contribution >= 0.6 is 0 Å². The van der Waals surface area contributed by atoms with Crippen molar-refractivity contribution in [1.82, 2.24) is 4.57 Å². The van der Waals surface area contributed by atoms with Crippen molar-refractivity contribution in [3.8, 4) is 22.3 Å². The fourth-order valence-electron chi connectivity index (χ4n) is 4.71. The maximum atomic E-state index is 3.63. The highest BCUT2D eigenvalue weighted by Gasteiger charge is 2.11. The molecule has 1 aromatic heterocycles. The molecule has 0 aliphatic heterocycles. The van der Waals surface area contributed by atoms with Crippen LogP contribution in [0.3, 0.4) is 0 Å². The lowest BCUT2D eigenvalue weighted by Gasteiger charge is -2.13.